The average Bonchev–Trinajstić information content (AvgIpc) is 2.79. The number of fused-ring (bicyclic) bond motifs is 1. The van der Waals surface area contributed by atoms with Crippen molar-refractivity contribution < 1.29 is 18.0 Å². The summed E-state index contributed by atoms with van der Waals surface area (Å²) < 4.78 is 41.5. The Balaban J connectivity index is 1.91. The van der Waals surface area contributed by atoms with Crippen LogP contribution in [0, 0.1) is 5.92 Å². The number of alkyl halides is 3. The molecule has 1 aromatic heterocycles. The van der Waals surface area contributed by atoms with Gasteiger partial charge in [0.1, 0.15) is 17.6 Å². The standard InChI is InChI=1S/C16H20F3N3O/c1-9-7-22(5-3-12(9)17)8-10-6-13(15(20)23)21-14-11(10)2-4-16(14,18)19/h6,9,12H,2-5,7-8H2,1H3,(H2,20,23)/t9-,12+/m1/s1. The molecule has 2 atom stereocenters. The molecule has 1 aliphatic carbocycles. The zero-order valence-corrected chi connectivity index (χ0v) is 13.0. The van der Waals surface area contributed by atoms with E-state index in [9.17, 15) is 18.0 Å². The molecular formula is C16H20F3N3O. The van der Waals surface area contributed by atoms with Crippen LogP contribution in [-0.2, 0) is 18.9 Å². The number of piperidine rings is 1. The number of nitrogens with two attached hydrogens (primary N) is 1. The first-order chi connectivity index (χ1) is 10.8. The second kappa shape index (κ2) is 5.78. The maximum Gasteiger partial charge on any atom is 0.290 e. The predicted octanol–water partition coefficient (Wildman–Crippen LogP) is 2.40. The van der Waals surface area contributed by atoms with Crippen LogP contribution in [0.2, 0.25) is 0 Å². The third-order valence-corrected chi connectivity index (χ3v) is 4.78. The number of carbonyl (C=O) groups excluding carboxylic acids is 1. The smallest absolute Gasteiger partial charge is 0.290 e. The molecule has 1 saturated heterocycles. The predicted molar refractivity (Wildman–Crippen MR) is 78.9 cm³/mol. The maximum absolute atomic E-state index is 14.0. The molecule has 0 saturated carbocycles. The number of rotatable bonds is 3. The molecule has 2 aliphatic rings. The molecule has 0 unspecified atom stereocenters. The van der Waals surface area contributed by atoms with E-state index in [1.54, 1.807) is 0 Å². The van der Waals surface area contributed by atoms with Crippen LogP contribution in [-0.4, -0.2) is 35.1 Å². The highest BCUT2D eigenvalue weighted by molar-refractivity contribution is 5.91. The van der Waals surface area contributed by atoms with Crippen LogP contribution in [0.4, 0.5) is 13.2 Å². The lowest BCUT2D eigenvalue weighted by Crippen LogP contribution is -2.40. The third kappa shape index (κ3) is 3.06. The van der Waals surface area contributed by atoms with Crippen molar-refractivity contribution in [3.8, 4) is 0 Å². The molecule has 2 heterocycles. The van der Waals surface area contributed by atoms with Gasteiger partial charge in [-0.1, -0.05) is 6.92 Å². The van der Waals surface area contributed by atoms with E-state index in [1.165, 1.54) is 6.07 Å². The van der Waals surface area contributed by atoms with Crippen LogP contribution in [0.25, 0.3) is 0 Å². The minimum atomic E-state index is -3.02. The van der Waals surface area contributed by atoms with Gasteiger partial charge >= 0.3 is 0 Å². The zero-order valence-electron chi connectivity index (χ0n) is 13.0. The summed E-state index contributed by atoms with van der Waals surface area (Å²) in [5.74, 6) is -3.92. The number of nitrogens with zero attached hydrogens (tertiary/aromatic N) is 2. The number of likely N-dealkylation sites (tertiary alicyclic amines) is 1. The number of aromatic nitrogens is 1. The first-order valence-electron chi connectivity index (χ1n) is 7.85. The molecule has 1 aromatic rings. The third-order valence-electron chi connectivity index (χ3n) is 4.78. The Hall–Kier alpha value is -1.63. The van der Waals surface area contributed by atoms with E-state index in [0.717, 1.165) is 0 Å². The van der Waals surface area contributed by atoms with E-state index in [0.29, 0.717) is 37.2 Å². The first-order valence-corrected chi connectivity index (χ1v) is 7.85. The Bertz CT molecular complexity index is 635. The highest BCUT2D eigenvalue weighted by atomic mass is 19.3. The topological polar surface area (TPSA) is 59.2 Å². The summed E-state index contributed by atoms with van der Waals surface area (Å²) in [5.41, 5.74) is 5.94. The highest BCUT2D eigenvalue weighted by Crippen LogP contribution is 2.42. The number of halogens is 3. The summed E-state index contributed by atoms with van der Waals surface area (Å²) in [6.07, 6.45) is -0.445. The molecule has 1 fully saturated rings. The van der Waals surface area contributed by atoms with Crippen LogP contribution in [0.1, 0.15) is 47.1 Å². The van der Waals surface area contributed by atoms with Crippen LogP contribution in [0.3, 0.4) is 0 Å². The quantitative estimate of drug-likeness (QED) is 0.927. The van der Waals surface area contributed by atoms with Gasteiger partial charge in [-0.05, 0) is 30.0 Å². The van der Waals surface area contributed by atoms with Gasteiger partial charge in [0.25, 0.3) is 11.8 Å². The van der Waals surface area contributed by atoms with Crippen molar-refractivity contribution in [2.45, 2.75) is 44.8 Å². The van der Waals surface area contributed by atoms with Crippen LogP contribution < -0.4 is 5.73 Å². The normalized spacial score (nSPS) is 27.0. The van der Waals surface area contributed by atoms with E-state index in [2.05, 4.69) is 4.98 Å². The van der Waals surface area contributed by atoms with E-state index < -0.39 is 18.0 Å². The lowest BCUT2D eigenvalue weighted by Gasteiger charge is -2.33. The average molecular weight is 327 g/mol. The molecule has 126 valence electrons. The Labute approximate surface area is 132 Å². The molecule has 23 heavy (non-hydrogen) atoms. The van der Waals surface area contributed by atoms with Gasteiger partial charge in [0.2, 0.25) is 0 Å². The zero-order chi connectivity index (χ0) is 16.8. The van der Waals surface area contributed by atoms with E-state index >= 15 is 0 Å². The summed E-state index contributed by atoms with van der Waals surface area (Å²) in [6, 6.07) is 1.51. The molecule has 1 amide bonds. The second-order valence-corrected chi connectivity index (χ2v) is 6.58. The van der Waals surface area contributed by atoms with Gasteiger partial charge in [-0.2, -0.15) is 8.78 Å². The monoisotopic (exact) mass is 327 g/mol. The van der Waals surface area contributed by atoms with Crippen molar-refractivity contribution in [1.29, 1.82) is 0 Å². The minimum Gasteiger partial charge on any atom is -0.364 e. The van der Waals surface area contributed by atoms with Gasteiger partial charge in [0, 0.05) is 32.0 Å². The van der Waals surface area contributed by atoms with Gasteiger partial charge in [-0.3, -0.25) is 9.69 Å². The fourth-order valence-electron chi connectivity index (χ4n) is 3.46. The Morgan fingerprint density at radius 2 is 2.26 bits per heavy atom. The first kappa shape index (κ1) is 16.2. The van der Waals surface area contributed by atoms with Gasteiger partial charge < -0.3 is 5.73 Å². The van der Waals surface area contributed by atoms with Crippen molar-refractivity contribution >= 4 is 5.91 Å². The lowest BCUT2D eigenvalue weighted by molar-refractivity contribution is -0.00603. The molecule has 0 radical (unpaired) electrons. The number of amides is 1. The maximum atomic E-state index is 14.0. The second-order valence-electron chi connectivity index (χ2n) is 6.58. The largest absolute Gasteiger partial charge is 0.364 e. The fourth-order valence-corrected chi connectivity index (χ4v) is 3.46. The molecule has 4 nitrogen and oxygen atoms in total. The molecule has 2 N–H and O–H groups in total. The van der Waals surface area contributed by atoms with Crippen molar-refractivity contribution in [3.05, 3.63) is 28.6 Å². The van der Waals surface area contributed by atoms with E-state index in [-0.39, 0.29) is 30.1 Å². The van der Waals surface area contributed by atoms with Gasteiger partial charge in [-0.15, -0.1) is 0 Å². The van der Waals surface area contributed by atoms with Crippen molar-refractivity contribution in [1.82, 2.24) is 9.88 Å². The van der Waals surface area contributed by atoms with E-state index in [4.69, 9.17) is 5.73 Å². The summed E-state index contributed by atoms with van der Waals surface area (Å²) in [4.78, 5) is 17.2. The number of hydrogen-bond donors (Lipinski definition) is 1. The number of primary amides is 1. The highest BCUT2D eigenvalue weighted by Gasteiger charge is 2.42. The molecule has 1 aliphatic heterocycles. The summed E-state index contributed by atoms with van der Waals surface area (Å²) in [6.45, 7) is 3.40. The molecular weight excluding hydrogens is 307 g/mol. The number of carbonyl (C=O) groups is 1. The molecule has 3 rings (SSSR count). The Kier molecular flexibility index (Phi) is 4.08. The van der Waals surface area contributed by atoms with Crippen molar-refractivity contribution in [2.75, 3.05) is 13.1 Å². The summed E-state index contributed by atoms with van der Waals surface area (Å²) in [7, 11) is 0. The molecule has 0 bridgehead atoms. The van der Waals surface area contributed by atoms with Crippen LogP contribution in [0.15, 0.2) is 6.07 Å². The van der Waals surface area contributed by atoms with E-state index in [1.807, 2.05) is 11.8 Å². The Morgan fingerprint density at radius 1 is 1.52 bits per heavy atom. The lowest BCUT2D eigenvalue weighted by atomic mass is 9.96. The fraction of sp³-hybridized carbons (Fsp3) is 0.625. The van der Waals surface area contributed by atoms with Gasteiger partial charge in [0.05, 0.1) is 0 Å². The van der Waals surface area contributed by atoms with Crippen molar-refractivity contribution in [2.24, 2.45) is 11.7 Å². The SMILES string of the molecule is C[C@@H]1CN(Cc2cc(C(N)=O)nc3c2CCC3(F)F)CC[C@@H]1F. The summed E-state index contributed by atoms with van der Waals surface area (Å²) in [5, 5.41) is 0. The number of pyridine rings is 1. The Morgan fingerprint density at radius 3 is 2.91 bits per heavy atom. The van der Waals surface area contributed by atoms with Crippen molar-refractivity contribution in [3.63, 3.8) is 0 Å². The summed E-state index contributed by atoms with van der Waals surface area (Å²) >= 11 is 0. The molecule has 7 heteroatoms. The number of hydrogen-bond acceptors (Lipinski definition) is 3. The molecule has 0 spiro atoms. The van der Waals surface area contributed by atoms with Gasteiger partial charge in [-0.25, -0.2) is 9.37 Å². The minimum absolute atomic E-state index is 0.0873. The van der Waals surface area contributed by atoms with Crippen LogP contribution >= 0.6 is 0 Å². The molecule has 0 aromatic carbocycles. The van der Waals surface area contributed by atoms with Gasteiger partial charge in [0.15, 0.2) is 0 Å². The van der Waals surface area contributed by atoms with Crippen LogP contribution in [0.5, 0.6) is 0 Å².